The Morgan fingerprint density at radius 3 is 2.66 bits per heavy atom. The summed E-state index contributed by atoms with van der Waals surface area (Å²) >= 11 is 0. The van der Waals surface area contributed by atoms with Crippen LogP contribution in [0.25, 0.3) is 11.5 Å². The van der Waals surface area contributed by atoms with Crippen molar-refractivity contribution in [3.63, 3.8) is 0 Å². The normalized spacial score (nSPS) is 10.7. The van der Waals surface area contributed by atoms with Gasteiger partial charge in [0.2, 0.25) is 0 Å². The highest BCUT2D eigenvalue weighted by Gasteiger charge is 2.07. The number of aromatic nitrogens is 5. The molecule has 4 aromatic rings. The van der Waals surface area contributed by atoms with E-state index < -0.39 is 0 Å². The van der Waals surface area contributed by atoms with Crippen LogP contribution in [0.5, 0.6) is 0 Å². The van der Waals surface area contributed by atoms with Crippen LogP contribution in [-0.4, -0.2) is 43.3 Å². The molecule has 3 heterocycles. The van der Waals surface area contributed by atoms with E-state index in [0.717, 1.165) is 17.3 Å². The molecule has 0 saturated carbocycles. The summed E-state index contributed by atoms with van der Waals surface area (Å²) in [6.45, 7) is 2.87. The third kappa shape index (κ3) is 4.49. The van der Waals surface area contributed by atoms with Crippen molar-refractivity contribution in [1.82, 2.24) is 29.6 Å². The molecular weight excluding hydrogens is 366 g/mol. The molecule has 0 aliphatic carbocycles. The number of nitrogens with zero attached hydrogens (tertiary/aromatic N) is 5. The van der Waals surface area contributed by atoms with Crippen LogP contribution < -0.4 is 10.6 Å². The Hall–Kier alpha value is -3.94. The lowest BCUT2D eigenvalue weighted by Crippen LogP contribution is -2.29. The topological polar surface area (TPSA) is 89.7 Å². The maximum Gasteiger partial charge on any atom is 0.251 e. The maximum atomic E-state index is 12.4. The Balaban J connectivity index is 1.33. The molecule has 2 N–H and O–H groups in total. The second-order valence-electron chi connectivity index (χ2n) is 6.43. The first-order valence-corrected chi connectivity index (χ1v) is 9.30. The number of nitrogens with one attached hydrogen (secondary N) is 2. The molecule has 0 radical (unpaired) electrons. The molecule has 1 aromatic carbocycles. The molecule has 3 aromatic heterocycles. The molecule has 0 atom stereocenters. The minimum Gasteiger partial charge on any atom is -0.368 e. The molecule has 8 heteroatoms. The van der Waals surface area contributed by atoms with Crippen molar-refractivity contribution in [3.05, 3.63) is 84.7 Å². The second kappa shape index (κ2) is 8.39. The van der Waals surface area contributed by atoms with Gasteiger partial charge in [-0.1, -0.05) is 6.07 Å². The van der Waals surface area contributed by atoms with Gasteiger partial charge in [-0.3, -0.25) is 4.79 Å². The number of rotatable bonds is 7. The largest absolute Gasteiger partial charge is 0.368 e. The van der Waals surface area contributed by atoms with Crippen molar-refractivity contribution in [1.29, 1.82) is 0 Å². The lowest BCUT2D eigenvalue weighted by Gasteiger charge is -2.10. The standard InChI is InChI=1S/C21H21N7O/c1-16-25-19(15-20(26-16)27-11-2-3-12-27)22-9-10-23-21(29)17-6-4-7-18(14-17)28-13-5-8-24-28/h2-8,11-15H,9-10H2,1H3,(H,23,29)(H,22,25,26). The van der Waals surface area contributed by atoms with Gasteiger partial charge in [-0.05, 0) is 43.3 Å². The van der Waals surface area contributed by atoms with E-state index in [9.17, 15) is 4.79 Å². The van der Waals surface area contributed by atoms with Gasteiger partial charge in [-0.15, -0.1) is 0 Å². The third-order valence-electron chi connectivity index (χ3n) is 4.29. The number of hydrogen-bond acceptors (Lipinski definition) is 5. The SMILES string of the molecule is Cc1nc(NCCNC(=O)c2cccc(-n3cccn3)c2)cc(-n2cccc2)n1. The fraction of sp³-hybridized carbons (Fsp3) is 0.143. The van der Waals surface area contributed by atoms with Crippen molar-refractivity contribution in [2.75, 3.05) is 18.4 Å². The van der Waals surface area contributed by atoms with E-state index in [1.165, 1.54) is 0 Å². The minimum absolute atomic E-state index is 0.132. The van der Waals surface area contributed by atoms with Gasteiger partial charge >= 0.3 is 0 Å². The molecule has 0 fully saturated rings. The number of carbonyl (C=O) groups excluding carboxylic acids is 1. The quantitative estimate of drug-likeness (QED) is 0.476. The number of benzene rings is 1. The molecule has 0 unspecified atom stereocenters. The van der Waals surface area contributed by atoms with Crippen LogP contribution in [0.15, 0.2) is 73.3 Å². The highest BCUT2D eigenvalue weighted by Crippen LogP contribution is 2.11. The molecule has 0 bridgehead atoms. The fourth-order valence-corrected chi connectivity index (χ4v) is 2.94. The minimum atomic E-state index is -0.132. The summed E-state index contributed by atoms with van der Waals surface area (Å²) in [6.07, 6.45) is 7.41. The molecule has 0 spiro atoms. The monoisotopic (exact) mass is 387 g/mol. The van der Waals surface area contributed by atoms with E-state index in [1.54, 1.807) is 16.9 Å². The molecule has 0 aliphatic heterocycles. The van der Waals surface area contributed by atoms with E-state index in [4.69, 9.17) is 0 Å². The molecule has 1 amide bonds. The molecule has 29 heavy (non-hydrogen) atoms. The Morgan fingerprint density at radius 1 is 1.00 bits per heavy atom. The first kappa shape index (κ1) is 18.4. The van der Waals surface area contributed by atoms with Crippen LogP contribution in [0.1, 0.15) is 16.2 Å². The molecule has 0 aliphatic rings. The first-order valence-electron chi connectivity index (χ1n) is 9.30. The van der Waals surface area contributed by atoms with Crippen LogP contribution in [0.4, 0.5) is 5.82 Å². The van der Waals surface area contributed by atoms with Crippen LogP contribution >= 0.6 is 0 Å². The number of aryl methyl sites for hydroxylation is 1. The van der Waals surface area contributed by atoms with Gasteiger partial charge in [0.15, 0.2) is 0 Å². The highest BCUT2D eigenvalue weighted by atomic mass is 16.1. The molecule has 0 saturated heterocycles. The van der Waals surface area contributed by atoms with E-state index in [-0.39, 0.29) is 5.91 Å². The van der Waals surface area contributed by atoms with Gasteiger partial charge in [-0.2, -0.15) is 5.10 Å². The van der Waals surface area contributed by atoms with Gasteiger partial charge in [0.25, 0.3) is 5.91 Å². The van der Waals surface area contributed by atoms with Crippen molar-refractivity contribution < 1.29 is 4.79 Å². The van der Waals surface area contributed by atoms with Crippen LogP contribution in [0.3, 0.4) is 0 Å². The van der Waals surface area contributed by atoms with Gasteiger partial charge in [0.1, 0.15) is 17.5 Å². The number of hydrogen-bond donors (Lipinski definition) is 2. The zero-order valence-corrected chi connectivity index (χ0v) is 16.0. The van der Waals surface area contributed by atoms with Crippen molar-refractivity contribution in [2.45, 2.75) is 6.92 Å². The Bertz CT molecular complexity index is 1090. The van der Waals surface area contributed by atoms with E-state index >= 15 is 0 Å². The van der Waals surface area contributed by atoms with Crippen LogP contribution in [-0.2, 0) is 0 Å². The van der Waals surface area contributed by atoms with Crippen LogP contribution in [0, 0.1) is 6.92 Å². The third-order valence-corrected chi connectivity index (χ3v) is 4.29. The zero-order chi connectivity index (χ0) is 20.1. The number of anilines is 1. The van der Waals surface area contributed by atoms with Crippen LogP contribution in [0.2, 0.25) is 0 Å². The summed E-state index contributed by atoms with van der Waals surface area (Å²) < 4.78 is 3.65. The maximum absolute atomic E-state index is 12.4. The number of carbonyl (C=O) groups is 1. The van der Waals surface area contributed by atoms with Crippen molar-refractivity contribution in [3.8, 4) is 11.5 Å². The predicted molar refractivity (Wildman–Crippen MR) is 110 cm³/mol. The summed E-state index contributed by atoms with van der Waals surface area (Å²) in [4.78, 5) is 21.3. The Morgan fingerprint density at radius 2 is 1.86 bits per heavy atom. The Kier molecular flexibility index (Phi) is 5.33. The predicted octanol–water partition coefficient (Wildman–Crippen LogP) is 2.60. The lowest BCUT2D eigenvalue weighted by atomic mass is 10.2. The summed E-state index contributed by atoms with van der Waals surface area (Å²) in [5, 5.41) is 10.3. The second-order valence-corrected chi connectivity index (χ2v) is 6.43. The van der Waals surface area contributed by atoms with E-state index in [2.05, 4.69) is 25.7 Å². The molecule has 4 rings (SSSR count). The van der Waals surface area contributed by atoms with Gasteiger partial charge < -0.3 is 15.2 Å². The molecule has 8 nitrogen and oxygen atoms in total. The zero-order valence-electron chi connectivity index (χ0n) is 16.0. The number of amides is 1. The average molecular weight is 387 g/mol. The Labute approximate surface area is 168 Å². The van der Waals surface area contributed by atoms with Gasteiger partial charge in [0.05, 0.1) is 5.69 Å². The van der Waals surface area contributed by atoms with Crippen molar-refractivity contribution >= 4 is 11.7 Å². The van der Waals surface area contributed by atoms with Gasteiger partial charge in [0, 0.05) is 49.5 Å². The van der Waals surface area contributed by atoms with Gasteiger partial charge in [-0.25, -0.2) is 14.6 Å². The highest BCUT2D eigenvalue weighted by molar-refractivity contribution is 5.94. The molecule has 146 valence electrons. The summed E-state index contributed by atoms with van der Waals surface area (Å²) in [7, 11) is 0. The summed E-state index contributed by atoms with van der Waals surface area (Å²) in [5.41, 5.74) is 1.43. The smallest absolute Gasteiger partial charge is 0.251 e. The van der Waals surface area contributed by atoms with E-state index in [1.807, 2.05) is 72.5 Å². The average Bonchev–Trinajstić information content (AvgIpc) is 3.45. The van der Waals surface area contributed by atoms with Crippen molar-refractivity contribution in [2.24, 2.45) is 0 Å². The summed E-state index contributed by atoms with van der Waals surface area (Å²) in [6, 6.07) is 15.0. The van der Waals surface area contributed by atoms with E-state index in [0.29, 0.717) is 24.5 Å². The lowest BCUT2D eigenvalue weighted by molar-refractivity contribution is 0.0955. The fourth-order valence-electron chi connectivity index (χ4n) is 2.94. The molecular formula is C21H21N7O. The first-order chi connectivity index (χ1) is 14.2. The summed E-state index contributed by atoms with van der Waals surface area (Å²) in [5.74, 6) is 2.06.